The number of aromatic nitrogens is 1. The van der Waals surface area contributed by atoms with Gasteiger partial charge in [0, 0.05) is 23.7 Å². The summed E-state index contributed by atoms with van der Waals surface area (Å²) in [5, 5.41) is 0. The van der Waals surface area contributed by atoms with Gasteiger partial charge in [-0.05, 0) is 47.9 Å². The Balaban J connectivity index is 1.23. The Hall–Kier alpha value is -3.55. The van der Waals surface area contributed by atoms with Gasteiger partial charge >= 0.3 is 5.97 Å². The Bertz CT molecular complexity index is 1320. The monoisotopic (exact) mass is 500 g/mol. The minimum absolute atomic E-state index is 0.181. The highest BCUT2D eigenvalue weighted by Crippen LogP contribution is 2.28. The third-order valence-electron chi connectivity index (χ3n) is 6.24. The van der Waals surface area contributed by atoms with Crippen LogP contribution in [0.2, 0.25) is 0 Å². The molecule has 0 spiro atoms. The highest BCUT2D eigenvalue weighted by atomic mass is 32.2. The molecule has 184 valence electrons. The zero-order valence-corrected chi connectivity index (χ0v) is 21.2. The molecule has 1 aromatic heterocycles. The lowest BCUT2D eigenvalue weighted by molar-refractivity contribution is -0.145. The molecule has 0 N–H and O–H groups in total. The molecule has 0 aliphatic carbocycles. The molecule has 0 radical (unpaired) electrons. The second-order valence-electron chi connectivity index (χ2n) is 8.69. The summed E-state index contributed by atoms with van der Waals surface area (Å²) in [6.07, 6.45) is 0. The smallest absolute Gasteiger partial charge is 0.323 e. The normalized spacial score (nSPS) is 15.7. The van der Waals surface area contributed by atoms with Crippen LogP contribution in [-0.2, 0) is 22.7 Å². The molecule has 5 rings (SSSR count). The van der Waals surface area contributed by atoms with E-state index in [9.17, 15) is 4.79 Å². The van der Waals surface area contributed by atoms with Crippen molar-refractivity contribution < 1.29 is 18.7 Å². The van der Waals surface area contributed by atoms with E-state index >= 15 is 0 Å². The topological polar surface area (TPSA) is 64.8 Å². The molecule has 4 aromatic rings. The zero-order chi connectivity index (χ0) is 24.9. The van der Waals surface area contributed by atoms with Crippen molar-refractivity contribution in [1.82, 2.24) is 9.88 Å². The average Bonchev–Trinajstić information content (AvgIpc) is 3.54. The van der Waals surface area contributed by atoms with Gasteiger partial charge < -0.3 is 13.9 Å². The summed E-state index contributed by atoms with van der Waals surface area (Å²) in [5.74, 6) is 3.46. The summed E-state index contributed by atoms with van der Waals surface area (Å²) >= 11 is 1.74. The van der Waals surface area contributed by atoms with Crippen molar-refractivity contribution in [1.29, 1.82) is 0 Å². The Morgan fingerprint density at radius 2 is 1.78 bits per heavy atom. The number of esters is 1. The van der Waals surface area contributed by atoms with Gasteiger partial charge in [-0.1, -0.05) is 54.6 Å². The van der Waals surface area contributed by atoms with Crippen LogP contribution in [0.1, 0.15) is 17.0 Å². The fraction of sp³-hybridized carbons (Fsp3) is 0.241. The average molecular weight is 501 g/mol. The quantitative estimate of drug-likeness (QED) is 0.277. The van der Waals surface area contributed by atoms with Crippen LogP contribution in [0.5, 0.6) is 5.75 Å². The first kappa shape index (κ1) is 24.2. The Labute approximate surface area is 215 Å². The maximum absolute atomic E-state index is 12.0. The largest absolute Gasteiger partial charge is 0.487 e. The minimum Gasteiger partial charge on any atom is -0.487 e. The molecule has 1 fully saturated rings. The molecule has 1 atom stereocenters. The standard InChI is InChI=1S/C29H28N2O4S/c1-20-26(30-28(35-20)24-13-11-23(12-14-24)22-8-4-3-5-9-22)17-34-25-10-6-7-21(15-25)16-31-19-36-18-27(31)29(32)33-2/h3-15,27H,16-19H2,1-2H3/t27-/m0/s1. The Morgan fingerprint density at radius 3 is 2.56 bits per heavy atom. The lowest BCUT2D eigenvalue weighted by atomic mass is 10.0. The number of nitrogens with zero attached hydrogens (tertiary/aromatic N) is 2. The van der Waals surface area contributed by atoms with Gasteiger partial charge in [0.05, 0.1) is 7.11 Å². The molecule has 7 heteroatoms. The fourth-order valence-electron chi connectivity index (χ4n) is 4.23. The second kappa shape index (κ2) is 11.0. The molecular weight excluding hydrogens is 472 g/mol. The first-order valence-electron chi connectivity index (χ1n) is 11.8. The van der Waals surface area contributed by atoms with Gasteiger partial charge in [0.2, 0.25) is 5.89 Å². The predicted octanol–water partition coefficient (Wildman–Crippen LogP) is 5.94. The summed E-state index contributed by atoms with van der Waals surface area (Å²) < 4.78 is 17.0. The number of ether oxygens (including phenoxy) is 2. The van der Waals surface area contributed by atoms with Crippen molar-refractivity contribution in [3.05, 3.63) is 95.9 Å². The Morgan fingerprint density at radius 1 is 1.03 bits per heavy atom. The number of methoxy groups -OCH3 is 1. The van der Waals surface area contributed by atoms with Gasteiger partial charge in [0.25, 0.3) is 0 Å². The number of hydrogen-bond acceptors (Lipinski definition) is 7. The third-order valence-corrected chi connectivity index (χ3v) is 7.30. The van der Waals surface area contributed by atoms with Crippen LogP contribution in [0.25, 0.3) is 22.6 Å². The number of oxazole rings is 1. The van der Waals surface area contributed by atoms with Gasteiger partial charge in [-0.25, -0.2) is 4.98 Å². The maximum atomic E-state index is 12.0. The summed E-state index contributed by atoms with van der Waals surface area (Å²) in [4.78, 5) is 18.9. The fourth-order valence-corrected chi connectivity index (χ4v) is 5.41. The number of thioether (sulfide) groups is 1. The summed E-state index contributed by atoms with van der Waals surface area (Å²) in [5.41, 5.74) is 5.10. The van der Waals surface area contributed by atoms with Crippen molar-refractivity contribution in [2.24, 2.45) is 0 Å². The van der Waals surface area contributed by atoms with Crippen LogP contribution >= 0.6 is 11.8 Å². The van der Waals surface area contributed by atoms with E-state index in [0.29, 0.717) is 19.0 Å². The van der Waals surface area contributed by atoms with Crippen LogP contribution in [-0.4, -0.2) is 40.6 Å². The lowest BCUT2D eigenvalue weighted by Crippen LogP contribution is -2.38. The molecule has 1 aliphatic rings. The molecule has 0 saturated carbocycles. The molecule has 36 heavy (non-hydrogen) atoms. The first-order chi connectivity index (χ1) is 17.6. The molecule has 3 aromatic carbocycles. The first-order valence-corrected chi connectivity index (χ1v) is 13.0. The van der Waals surface area contributed by atoms with Gasteiger partial charge in [-0.3, -0.25) is 9.69 Å². The van der Waals surface area contributed by atoms with Crippen molar-refractivity contribution >= 4 is 17.7 Å². The van der Waals surface area contributed by atoms with Crippen LogP contribution in [0, 0.1) is 6.92 Å². The van der Waals surface area contributed by atoms with E-state index < -0.39 is 0 Å². The number of benzene rings is 3. The molecule has 1 saturated heterocycles. The Kier molecular flexibility index (Phi) is 7.39. The molecule has 0 unspecified atom stereocenters. The molecule has 6 nitrogen and oxygen atoms in total. The van der Waals surface area contributed by atoms with Crippen molar-refractivity contribution in [3.8, 4) is 28.3 Å². The van der Waals surface area contributed by atoms with Gasteiger partial charge in [0.15, 0.2) is 0 Å². The summed E-state index contributed by atoms with van der Waals surface area (Å²) in [7, 11) is 1.44. The van der Waals surface area contributed by atoms with Crippen molar-refractivity contribution in [2.75, 3.05) is 18.7 Å². The number of hydrogen-bond donors (Lipinski definition) is 0. The lowest BCUT2D eigenvalue weighted by Gasteiger charge is -2.21. The number of carbonyl (C=O) groups is 1. The summed E-state index contributed by atoms with van der Waals surface area (Å²) in [6, 6.07) is 26.2. The van der Waals surface area contributed by atoms with Gasteiger partial charge in [0.1, 0.15) is 29.9 Å². The second-order valence-corrected chi connectivity index (χ2v) is 9.69. The van der Waals surface area contributed by atoms with E-state index in [-0.39, 0.29) is 12.0 Å². The number of carbonyl (C=O) groups excluding carboxylic acids is 1. The third kappa shape index (κ3) is 5.48. The SMILES string of the molecule is COC(=O)[C@@H]1CSCN1Cc1cccc(OCc2nc(-c3ccc(-c4ccccc4)cc3)oc2C)c1. The molecule has 0 amide bonds. The van der Waals surface area contributed by atoms with Gasteiger partial charge in [-0.2, -0.15) is 0 Å². The van der Waals surface area contributed by atoms with Crippen LogP contribution < -0.4 is 4.74 Å². The van der Waals surface area contributed by atoms with Crippen LogP contribution in [0.3, 0.4) is 0 Å². The van der Waals surface area contributed by atoms with E-state index in [1.807, 2.05) is 61.5 Å². The van der Waals surface area contributed by atoms with Crippen molar-refractivity contribution in [3.63, 3.8) is 0 Å². The predicted molar refractivity (Wildman–Crippen MR) is 142 cm³/mol. The van der Waals surface area contributed by atoms with E-state index in [0.717, 1.165) is 45.5 Å². The zero-order valence-electron chi connectivity index (χ0n) is 20.3. The summed E-state index contributed by atoms with van der Waals surface area (Å²) in [6.45, 7) is 2.88. The van der Waals surface area contributed by atoms with Crippen LogP contribution in [0.15, 0.2) is 83.3 Å². The highest BCUT2D eigenvalue weighted by Gasteiger charge is 2.31. The van der Waals surface area contributed by atoms with Gasteiger partial charge in [-0.15, -0.1) is 11.8 Å². The van der Waals surface area contributed by atoms with E-state index in [1.165, 1.54) is 12.7 Å². The molecule has 0 bridgehead atoms. The maximum Gasteiger partial charge on any atom is 0.323 e. The minimum atomic E-state index is -0.206. The molecular formula is C29H28N2O4S. The van der Waals surface area contributed by atoms with E-state index in [2.05, 4.69) is 34.1 Å². The van der Waals surface area contributed by atoms with Crippen molar-refractivity contribution in [2.45, 2.75) is 26.1 Å². The van der Waals surface area contributed by atoms with E-state index in [4.69, 9.17) is 13.9 Å². The number of aryl methyl sites for hydroxylation is 1. The van der Waals surface area contributed by atoms with Crippen LogP contribution in [0.4, 0.5) is 0 Å². The molecule has 2 heterocycles. The highest BCUT2D eigenvalue weighted by molar-refractivity contribution is 7.99. The molecule has 1 aliphatic heterocycles. The van der Waals surface area contributed by atoms with E-state index in [1.54, 1.807) is 11.8 Å². The number of rotatable bonds is 8.